The molecule has 1 unspecified atom stereocenters. The molecule has 1 aromatic carbocycles. The minimum Gasteiger partial charge on any atom is -0.396 e. The van der Waals surface area contributed by atoms with Crippen LogP contribution in [0, 0.1) is 11.3 Å². The standard InChI is InChI=1S/C16H20N2O2/c17-10-8-13-5-1-2-7-15(13)16(20)18-11-4-3-6-14(18)9-12-19/h1-2,5,7,14,19H,3-4,6,8-9,11-12H2. The van der Waals surface area contributed by atoms with Gasteiger partial charge < -0.3 is 10.0 Å². The Kier molecular flexibility index (Phi) is 5.14. The van der Waals surface area contributed by atoms with E-state index in [-0.39, 0.29) is 25.0 Å². The maximum Gasteiger partial charge on any atom is 0.254 e. The van der Waals surface area contributed by atoms with Crippen LogP contribution < -0.4 is 0 Å². The third-order valence-electron chi connectivity index (χ3n) is 3.87. The first-order valence-corrected chi connectivity index (χ1v) is 7.14. The van der Waals surface area contributed by atoms with Crippen LogP contribution in [0.2, 0.25) is 0 Å². The van der Waals surface area contributed by atoms with Crippen LogP contribution in [0.4, 0.5) is 0 Å². The molecule has 0 saturated carbocycles. The number of aliphatic hydroxyl groups excluding tert-OH is 1. The molecule has 4 nitrogen and oxygen atoms in total. The Morgan fingerprint density at radius 2 is 2.20 bits per heavy atom. The predicted molar refractivity (Wildman–Crippen MR) is 76.1 cm³/mol. The first-order chi connectivity index (χ1) is 9.77. The number of benzene rings is 1. The Labute approximate surface area is 119 Å². The molecule has 2 rings (SSSR count). The van der Waals surface area contributed by atoms with Crippen molar-refractivity contribution in [1.82, 2.24) is 4.90 Å². The maximum atomic E-state index is 12.7. The summed E-state index contributed by atoms with van der Waals surface area (Å²) in [6.45, 7) is 0.846. The monoisotopic (exact) mass is 272 g/mol. The zero-order chi connectivity index (χ0) is 14.4. The predicted octanol–water partition coefficient (Wildman–Crippen LogP) is 2.13. The lowest BCUT2D eigenvalue weighted by molar-refractivity contribution is 0.0573. The molecule has 106 valence electrons. The molecule has 0 aromatic heterocycles. The first-order valence-electron chi connectivity index (χ1n) is 7.14. The van der Waals surface area contributed by atoms with Crippen LogP contribution >= 0.6 is 0 Å². The smallest absolute Gasteiger partial charge is 0.254 e. The van der Waals surface area contributed by atoms with E-state index in [9.17, 15) is 4.79 Å². The van der Waals surface area contributed by atoms with E-state index in [0.717, 1.165) is 31.4 Å². The van der Waals surface area contributed by atoms with Gasteiger partial charge in [0.1, 0.15) is 0 Å². The van der Waals surface area contributed by atoms with Crippen molar-refractivity contribution >= 4 is 5.91 Å². The highest BCUT2D eigenvalue weighted by Crippen LogP contribution is 2.23. The van der Waals surface area contributed by atoms with E-state index in [1.54, 1.807) is 6.07 Å². The van der Waals surface area contributed by atoms with Gasteiger partial charge in [0, 0.05) is 24.8 Å². The summed E-state index contributed by atoms with van der Waals surface area (Å²) in [5, 5.41) is 18.0. The Morgan fingerprint density at radius 1 is 1.40 bits per heavy atom. The summed E-state index contributed by atoms with van der Waals surface area (Å²) in [5.41, 5.74) is 1.41. The van der Waals surface area contributed by atoms with Crippen LogP contribution in [0.25, 0.3) is 0 Å². The second kappa shape index (κ2) is 7.06. The summed E-state index contributed by atoms with van der Waals surface area (Å²) in [7, 11) is 0. The van der Waals surface area contributed by atoms with Gasteiger partial charge in [-0.15, -0.1) is 0 Å². The van der Waals surface area contributed by atoms with Gasteiger partial charge in [-0.25, -0.2) is 0 Å². The molecule has 1 aliphatic rings. The third kappa shape index (κ3) is 3.17. The van der Waals surface area contributed by atoms with Gasteiger partial charge in [-0.05, 0) is 37.3 Å². The SMILES string of the molecule is N#CCc1ccccc1C(=O)N1CCCCC1CCO. The number of aliphatic hydroxyl groups is 1. The highest BCUT2D eigenvalue weighted by atomic mass is 16.3. The number of piperidine rings is 1. The van der Waals surface area contributed by atoms with Crippen molar-refractivity contribution < 1.29 is 9.90 Å². The Balaban J connectivity index is 2.23. The van der Waals surface area contributed by atoms with E-state index in [2.05, 4.69) is 6.07 Å². The fraction of sp³-hybridized carbons (Fsp3) is 0.500. The molecule has 0 spiro atoms. The molecule has 20 heavy (non-hydrogen) atoms. The quantitative estimate of drug-likeness (QED) is 0.913. The molecule has 0 bridgehead atoms. The van der Waals surface area contributed by atoms with Crippen molar-refractivity contribution in [3.8, 4) is 6.07 Å². The van der Waals surface area contributed by atoms with Crippen LogP contribution in [-0.4, -0.2) is 35.1 Å². The van der Waals surface area contributed by atoms with Gasteiger partial charge in [0.25, 0.3) is 5.91 Å². The summed E-state index contributed by atoms with van der Waals surface area (Å²) in [6, 6.07) is 9.54. The van der Waals surface area contributed by atoms with Gasteiger partial charge >= 0.3 is 0 Å². The average Bonchev–Trinajstić information content (AvgIpc) is 2.48. The lowest BCUT2D eigenvalue weighted by Gasteiger charge is -2.36. The zero-order valence-corrected chi connectivity index (χ0v) is 11.6. The zero-order valence-electron chi connectivity index (χ0n) is 11.6. The topological polar surface area (TPSA) is 64.3 Å². The molecular weight excluding hydrogens is 252 g/mol. The molecule has 4 heteroatoms. The fourth-order valence-corrected chi connectivity index (χ4v) is 2.84. The van der Waals surface area contributed by atoms with Gasteiger partial charge in [-0.1, -0.05) is 18.2 Å². The first kappa shape index (κ1) is 14.5. The lowest BCUT2D eigenvalue weighted by atomic mass is 9.97. The molecule has 1 atom stereocenters. The fourth-order valence-electron chi connectivity index (χ4n) is 2.84. The van der Waals surface area contributed by atoms with E-state index < -0.39 is 0 Å². The van der Waals surface area contributed by atoms with Gasteiger partial charge in [-0.3, -0.25) is 4.79 Å². The van der Waals surface area contributed by atoms with E-state index in [0.29, 0.717) is 12.0 Å². The second-order valence-electron chi connectivity index (χ2n) is 5.15. The molecule has 1 amide bonds. The lowest BCUT2D eigenvalue weighted by Crippen LogP contribution is -2.44. The van der Waals surface area contributed by atoms with Gasteiger partial charge in [0.2, 0.25) is 0 Å². The largest absolute Gasteiger partial charge is 0.396 e. The van der Waals surface area contributed by atoms with Crippen molar-refractivity contribution in [2.75, 3.05) is 13.2 Å². The molecule has 1 heterocycles. The minimum absolute atomic E-state index is 0.00556. The molecule has 0 radical (unpaired) electrons. The van der Waals surface area contributed by atoms with E-state index in [1.165, 1.54) is 0 Å². The molecule has 1 N–H and O–H groups in total. The number of likely N-dealkylation sites (tertiary alicyclic amines) is 1. The Bertz CT molecular complexity index is 505. The van der Waals surface area contributed by atoms with Crippen molar-refractivity contribution in [2.45, 2.75) is 38.1 Å². The molecule has 0 aliphatic carbocycles. The van der Waals surface area contributed by atoms with Crippen LogP contribution in [-0.2, 0) is 6.42 Å². The van der Waals surface area contributed by atoms with E-state index in [4.69, 9.17) is 10.4 Å². The average molecular weight is 272 g/mol. The van der Waals surface area contributed by atoms with Gasteiger partial charge in [-0.2, -0.15) is 5.26 Å². The van der Waals surface area contributed by atoms with Crippen LogP contribution in [0.15, 0.2) is 24.3 Å². The maximum absolute atomic E-state index is 12.7. The highest BCUT2D eigenvalue weighted by Gasteiger charge is 2.27. The number of hydrogen-bond acceptors (Lipinski definition) is 3. The Morgan fingerprint density at radius 3 is 2.95 bits per heavy atom. The number of hydrogen-bond donors (Lipinski definition) is 1. The molecule has 1 aliphatic heterocycles. The summed E-state index contributed by atoms with van der Waals surface area (Å²) in [5.74, 6) is -0.00556. The molecular formula is C16H20N2O2. The van der Waals surface area contributed by atoms with Crippen molar-refractivity contribution in [2.24, 2.45) is 0 Å². The van der Waals surface area contributed by atoms with Gasteiger partial charge in [0.05, 0.1) is 12.5 Å². The molecule has 1 aromatic rings. The highest BCUT2D eigenvalue weighted by molar-refractivity contribution is 5.96. The molecule has 1 saturated heterocycles. The van der Waals surface area contributed by atoms with E-state index in [1.807, 2.05) is 23.1 Å². The minimum atomic E-state index is -0.00556. The second-order valence-corrected chi connectivity index (χ2v) is 5.15. The Hall–Kier alpha value is -1.86. The number of nitriles is 1. The summed E-state index contributed by atoms with van der Waals surface area (Å²) < 4.78 is 0. The van der Waals surface area contributed by atoms with Crippen molar-refractivity contribution in [1.29, 1.82) is 5.26 Å². The molecule has 1 fully saturated rings. The number of amides is 1. The normalized spacial score (nSPS) is 18.6. The van der Waals surface area contributed by atoms with Crippen LogP contribution in [0.5, 0.6) is 0 Å². The summed E-state index contributed by atoms with van der Waals surface area (Å²) in [4.78, 5) is 14.6. The van der Waals surface area contributed by atoms with Crippen molar-refractivity contribution in [3.05, 3.63) is 35.4 Å². The summed E-state index contributed by atoms with van der Waals surface area (Å²) in [6.07, 6.45) is 3.95. The summed E-state index contributed by atoms with van der Waals surface area (Å²) >= 11 is 0. The number of carbonyl (C=O) groups excluding carboxylic acids is 1. The van der Waals surface area contributed by atoms with Crippen LogP contribution in [0.3, 0.4) is 0 Å². The van der Waals surface area contributed by atoms with Gasteiger partial charge in [0.15, 0.2) is 0 Å². The third-order valence-corrected chi connectivity index (χ3v) is 3.87. The number of rotatable bonds is 4. The van der Waals surface area contributed by atoms with Crippen molar-refractivity contribution in [3.63, 3.8) is 0 Å². The van der Waals surface area contributed by atoms with Crippen LogP contribution in [0.1, 0.15) is 41.6 Å². The number of nitrogens with zero attached hydrogens (tertiary/aromatic N) is 2. The van der Waals surface area contributed by atoms with E-state index >= 15 is 0 Å². The number of carbonyl (C=O) groups is 1.